The van der Waals surface area contributed by atoms with Crippen LogP contribution in [-0.4, -0.2) is 42.0 Å². The van der Waals surface area contributed by atoms with Crippen molar-refractivity contribution in [3.8, 4) is 0 Å². The van der Waals surface area contributed by atoms with Crippen molar-refractivity contribution in [2.24, 2.45) is 0 Å². The molecule has 0 saturated carbocycles. The standard InChI is InChI=1S/C20H26N2O7/c1-3-28-18(23)13-12-17(20(25)29-4-2)21-19(24)16-10-8-15(9-11-16)7-5-6-14-22(26)27/h6,8-11,14,17H,3-5,7,12-13H2,1-2H3,(H,21,24)/b14-6+. The van der Waals surface area contributed by atoms with Gasteiger partial charge in [-0.3, -0.25) is 19.7 Å². The molecular formula is C20H26N2O7. The smallest absolute Gasteiger partial charge is 0.328 e. The predicted molar refractivity (Wildman–Crippen MR) is 105 cm³/mol. The van der Waals surface area contributed by atoms with Gasteiger partial charge >= 0.3 is 11.9 Å². The molecule has 0 fully saturated rings. The molecule has 1 atom stereocenters. The number of aryl methyl sites for hydroxylation is 1. The lowest BCUT2D eigenvalue weighted by atomic mass is 10.1. The minimum atomic E-state index is -0.959. The lowest BCUT2D eigenvalue weighted by molar-refractivity contribution is -0.402. The number of carbonyl (C=O) groups is 3. The average molecular weight is 406 g/mol. The molecule has 1 amide bonds. The molecule has 0 heterocycles. The number of hydrogen-bond acceptors (Lipinski definition) is 7. The zero-order valence-electron chi connectivity index (χ0n) is 16.6. The third-order valence-corrected chi connectivity index (χ3v) is 3.86. The van der Waals surface area contributed by atoms with Crippen molar-refractivity contribution in [3.63, 3.8) is 0 Å². The highest BCUT2D eigenvalue weighted by Crippen LogP contribution is 2.09. The van der Waals surface area contributed by atoms with Crippen molar-refractivity contribution in [2.75, 3.05) is 13.2 Å². The Morgan fingerprint density at radius 1 is 1.14 bits per heavy atom. The van der Waals surface area contributed by atoms with E-state index in [1.807, 2.05) is 0 Å². The molecular weight excluding hydrogens is 380 g/mol. The van der Waals surface area contributed by atoms with Crippen LogP contribution in [-0.2, 0) is 25.5 Å². The Kier molecular flexibility index (Phi) is 10.7. The molecule has 29 heavy (non-hydrogen) atoms. The second-order valence-corrected chi connectivity index (χ2v) is 6.03. The number of esters is 2. The van der Waals surface area contributed by atoms with E-state index >= 15 is 0 Å². The molecule has 1 aromatic rings. The Balaban J connectivity index is 2.68. The highest BCUT2D eigenvalue weighted by atomic mass is 16.6. The molecule has 0 radical (unpaired) electrons. The minimum absolute atomic E-state index is 0.0196. The molecule has 1 rings (SSSR count). The van der Waals surface area contributed by atoms with Crippen LogP contribution in [0.15, 0.2) is 36.5 Å². The molecule has 158 valence electrons. The summed E-state index contributed by atoms with van der Waals surface area (Å²) in [6.45, 7) is 3.74. The topological polar surface area (TPSA) is 125 Å². The molecule has 0 bridgehead atoms. The quantitative estimate of drug-likeness (QED) is 0.321. The van der Waals surface area contributed by atoms with Gasteiger partial charge in [-0.25, -0.2) is 4.79 Å². The van der Waals surface area contributed by atoms with Crippen LogP contribution in [0.3, 0.4) is 0 Å². The van der Waals surface area contributed by atoms with Crippen LogP contribution in [0.2, 0.25) is 0 Å². The molecule has 0 spiro atoms. The van der Waals surface area contributed by atoms with E-state index in [0.717, 1.165) is 11.8 Å². The van der Waals surface area contributed by atoms with Crippen LogP contribution in [0.4, 0.5) is 0 Å². The molecule has 1 N–H and O–H groups in total. The first-order valence-electron chi connectivity index (χ1n) is 9.39. The van der Waals surface area contributed by atoms with Crippen molar-refractivity contribution in [3.05, 3.63) is 57.8 Å². The Hall–Kier alpha value is -3.23. The number of carbonyl (C=O) groups excluding carboxylic acids is 3. The number of allylic oxidation sites excluding steroid dienone is 1. The van der Waals surface area contributed by atoms with Gasteiger partial charge in [0.05, 0.1) is 18.1 Å². The van der Waals surface area contributed by atoms with Crippen LogP contribution >= 0.6 is 0 Å². The molecule has 1 unspecified atom stereocenters. The van der Waals surface area contributed by atoms with E-state index in [-0.39, 0.29) is 26.1 Å². The summed E-state index contributed by atoms with van der Waals surface area (Å²) in [4.78, 5) is 45.8. The Morgan fingerprint density at radius 3 is 2.38 bits per heavy atom. The zero-order chi connectivity index (χ0) is 21.6. The number of hydrogen-bond donors (Lipinski definition) is 1. The summed E-state index contributed by atoms with van der Waals surface area (Å²) < 4.78 is 9.81. The number of nitrogens with one attached hydrogen (secondary N) is 1. The average Bonchev–Trinajstić information content (AvgIpc) is 2.69. The number of nitrogens with zero attached hydrogens (tertiary/aromatic N) is 1. The van der Waals surface area contributed by atoms with Gasteiger partial charge in [-0.05, 0) is 56.9 Å². The van der Waals surface area contributed by atoms with Gasteiger partial charge in [-0.1, -0.05) is 12.1 Å². The fourth-order valence-corrected chi connectivity index (χ4v) is 2.46. The van der Waals surface area contributed by atoms with E-state index in [9.17, 15) is 24.5 Å². The summed E-state index contributed by atoms with van der Waals surface area (Å²) in [7, 11) is 0. The first kappa shape index (κ1) is 23.8. The highest BCUT2D eigenvalue weighted by Gasteiger charge is 2.23. The monoisotopic (exact) mass is 406 g/mol. The summed E-state index contributed by atoms with van der Waals surface area (Å²) >= 11 is 0. The van der Waals surface area contributed by atoms with Gasteiger partial charge < -0.3 is 14.8 Å². The number of nitro groups is 1. The van der Waals surface area contributed by atoms with Crippen molar-refractivity contribution in [2.45, 2.75) is 45.6 Å². The third-order valence-electron chi connectivity index (χ3n) is 3.86. The molecule has 9 heteroatoms. The molecule has 1 aromatic carbocycles. The Morgan fingerprint density at radius 2 is 1.79 bits per heavy atom. The second kappa shape index (κ2) is 13.0. The fourth-order valence-electron chi connectivity index (χ4n) is 2.46. The normalized spacial score (nSPS) is 11.7. The Labute approximate surface area is 169 Å². The van der Waals surface area contributed by atoms with Crippen molar-refractivity contribution >= 4 is 17.8 Å². The maximum Gasteiger partial charge on any atom is 0.328 e. The summed E-state index contributed by atoms with van der Waals surface area (Å²) in [5, 5.41) is 12.8. The predicted octanol–water partition coefficient (Wildman–Crippen LogP) is 2.41. The van der Waals surface area contributed by atoms with E-state index in [2.05, 4.69) is 5.32 Å². The zero-order valence-corrected chi connectivity index (χ0v) is 16.6. The third kappa shape index (κ3) is 9.50. The number of amides is 1. The molecule has 0 aliphatic heterocycles. The number of benzene rings is 1. The van der Waals surface area contributed by atoms with Gasteiger partial charge in [0.2, 0.25) is 6.20 Å². The largest absolute Gasteiger partial charge is 0.466 e. The molecule has 9 nitrogen and oxygen atoms in total. The van der Waals surface area contributed by atoms with E-state index in [4.69, 9.17) is 9.47 Å². The highest BCUT2D eigenvalue weighted by molar-refractivity contribution is 5.96. The number of ether oxygens (including phenoxy) is 2. The molecule has 0 aliphatic carbocycles. The van der Waals surface area contributed by atoms with E-state index in [1.165, 1.54) is 6.08 Å². The summed E-state index contributed by atoms with van der Waals surface area (Å²) in [6.07, 6.45) is 3.52. The number of rotatable bonds is 12. The fraction of sp³-hybridized carbons (Fsp3) is 0.450. The maximum atomic E-state index is 12.5. The van der Waals surface area contributed by atoms with Gasteiger partial charge in [-0.15, -0.1) is 0 Å². The van der Waals surface area contributed by atoms with Crippen molar-refractivity contribution in [1.29, 1.82) is 0 Å². The van der Waals surface area contributed by atoms with Gasteiger partial charge in [0.15, 0.2) is 0 Å². The van der Waals surface area contributed by atoms with Crippen LogP contribution < -0.4 is 5.32 Å². The van der Waals surface area contributed by atoms with E-state index in [0.29, 0.717) is 18.4 Å². The first-order chi connectivity index (χ1) is 13.9. The van der Waals surface area contributed by atoms with Crippen LogP contribution in [0.1, 0.15) is 49.0 Å². The summed E-state index contributed by atoms with van der Waals surface area (Å²) in [5.74, 6) is -1.53. The van der Waals surface area contributed by atoms with Crippen LogP contribution in [0.5, 0.6) is 0 Å². The van der Waals surface area contributed by atoms with Crippen molar-refractivity contribution in [1.82, 2.24) is 5.32 Å². The molecule has 0 aliphatic rings. The summed E-state index contributed by atoms with van der Waals surface area (Å²) in [5.41, 5.74) is 1.26. The summed E-state index contributed by atoms with van der Waals surface area (Å²) in [6, 6.07) is 5.74. The first-order valence-corrected chi connectivity index (χ1v) is 9.39. The minimum Gasteiger partial charge on any atom is -0.466 e. The van der Waals surface area contributed by atoms with Gasteiger partial charge in [-0.2, -0.15) is 0 Å². The lowest BCUT2D eigenvalue weighted by Crippen LogP contribution is -2.42. The van der Waals surface area contributed by atoms with E-state index in [1.54, 1.807) is 38.1 Å². The van der Waals surface area contributed by atoms with Crippen LogP contribution in [0, 0.1) is 10.1 Å². The lowest BCUT2D eigenvalue weighted by Gasteiger charge is -2.17. The Bertz CT molecular complexity index is 729. The molecule has 0 saturated heterocycles. The van der Waals surface area contributed by atoms with Gasteiger partial charge in [0.1, 0.15) is 6.04 Å². The van der Waals surface area contributed by atoms with Gasteiger partial charge in [0.25, 0.3) is 5.91 Å². The molecule has 0 aromatic heterocycles. The maximum absolute atomic E-state index is 12.5. The van der Waals surface area contributed by atoms with Crippen LogP contribution in [0.25, 0.3) is 0 Å². The van der Waals surface area contributed by atoms with Crippen molar-refractivity contribution < 1.29 is 28.8 Å². The SMILES string of the molecule is CCOC(=O)CCC(NC(=O)c1ccc(CC/C=C/[N+](=O)[O-])cc1)C(=O)OCC. The van der Waals surface area contributed by atoms with Gasteiger partial charge in [0, 0.05) is 12.0 Å². The second-order valence-electron chi connectivity index (χ2n) is 6.03. The van der Waals surface area contributed by atoms with E-state index < -0.39 is 28.8 Å².